The fraction of sp³-hybridized carbons (Fsp3) is 0.583. The second-order valence-electron chi connectivity index (χ2n) is 5.11. The van der Waals surface area contributed by atoms with E-state index < -0.39 is 0 Å². The van der Waals surface area contributed by atoms with Crippen molar-refractivity contribution in [3.63, 3.8) is 0 Å². The number of aliphatic hydroxyl groups excluding tert-OH is 1. The van der Waals surface area contributed by atoms with Crippen molar-refractivity contribution < 1.29 is 5.11 Å². The molecule has 1 unspecified atom stereocenters. The third kappa shape index (κ3) is 3.72. The Morgan fingerprint density at radius 2 is 2.29 bits per heavy atom. The first-order valence-electron chi connectivity index (χ1n) is 5.67. The van der Waals surface area contributed by atoms with Crippen molar-refractivity contribution in [1.82, 2.24) is 9.38 Å². The molecule has 2 aromatic rings. The molecule has 0 fully saturated rings. The molecule has 94 valence electrons. The van der Waals surface area contributed by atoms with Gasteiger partial charge in [0.25, 0.3) is 0 Å². The van der Waals surface area contributed by atoms with Gasteiger partial charge in [0, 0.05) is 34.7 Å². The van der Waals surface area contributed by atoms with E-state index in [4.69, 9.17) is 0 Å². The minimum atomic E-state index is -0.316. The number of thiazole rings is 1. The summed E-state index contributed by atoms with van der Waals surface area (Å²) in [5, 5.41) is 12.0. The van der Waals surface area contributed by atoms with Crippen LogP contribution in [-0.4, -0.2) is 31.1 Å². The number of thioether (sulfide) groups is 1. The predicted octanol–water partition coefficient (Wildman–Crippen LogP) is 2.83. The molecule has 1 N–H and O–H groups in total. The molecule has 0 aromatic carbocycles. The molecule has 0 saturated heterocycles. The standard InChI is InChI=1S/C12H18N2OS2/c1-12(2,3)17-8-10(15)6-9-7-14-4-5-16-11(14)13-9/h4-5,7,10,15H,6,8H2,1-3H3. The molecule has 0 amide bonds. The van der Waals surface area contributed by atoms with E-state index in [1.165, 1.54) is 0 Å². The van der Waals surface area contributed by atoms with Gasteiger partial charge in [-0.15, -0.1) is 11.3 Å². The van der Waals surface area contributed by atoms with Crippen molar-refractivity contribution in [3.8, 4) is 0 Å². The fourth-order valence-corrected chi connectivity index (χ4v) is 3.05. The van der Waals surface area contributed by atoms with Crippen molar-refractivity contribution >= 4 is 28.1 Å². The summed E-state index contributed by atoms with van der Waals surface area (Å²) in [7, 11) is 0. The second-order valence-corrected chi connectivity index (χ2v) is 7.83. The highest BCUT2D eigenvalue weighted by Crippen LogP contribution is 2.24. The van der Waals surface area contributed by atoms with Crippen LogP contribution in [0, 0.1) is 0 Å². The van der Waals surface area contributed by atoms with Crippen LogP contribution in [0.5, 0.6) is 0 Å². The summed E-state index contributed by atoms with van der Waals surface area (Å²) in [6, 6.07) is 0. The third-order valence-electron chi connectivity index (χ3n) is 2.30. The van der Waals surface area contributed by atoms with Gasteiger partial charge in [-0.3, -0.25) is 4.40 Å². The zero-order valence-corrected chi connectivity index (χ0v) is 12.0. The molecule has 0 bridgehead atoms. The molecular weight excluding hydrogens is 252 g/mol. The largest absolute Gasteiger partial charge is 0.392 e. The quantitative estimate of drug-likeness (QED) is 0.928. The first-order chi connectivity index (χ1) is 7.94. The number of aromatic nitrogens is 2. The topological polar surface area (TPSA) is 37.5 Å². The lowest BCUT2D eigenvalue weighted by molar-refractivity contribution is 0.199. The molecule has 2 rings (SSSR count). The average molecular weight is 270 g/mol. The molecule has 2 aromatic heterocycles. The molecule has 5 heteroatoms. The lowest BCUT2D eigenvalue weighted by Crippen LogP contribution is -2.19. The Morgan fingerprint density at radius 1 is 1.53 bits per heavy atom. The van der Waals surface area contributed by atoms with Crippen molar-refractivity contribution in [2.45, 2.75) is 38.0 Å². The number of nitrogens with zero attached hydrogens (tertiary/aromatic N) is 2. The lowest BCUT2D eigenvalue weighted by atomic mass is 10.2. The van der Waals surface area contributed by atoms with Crippen LogP contribution < -0.4 is 0 Å². The van der Waals surface area contributed by atoms with Gasteiger partial charge in [0.1, 0.15) is 0 Å². The number of rotatable bonds is 4. The summed E-state index contributed by atoms with van der Waals surface area (Å²) in [4.78, 5) is 5.47. The monoisotopic (exact) mass is 270 g/mol. The van der Waals surface area contributed by atoms with Gasteiger partial charge < -0.3 is 5.11 Å². The Morgan fingerprint density at radius 3 is 2.94 bits per heavy atom. The van der Waals surface area contributed by atoms with Crippen LogP contribution in [0.3, 0.4) is 0 Å². The van der Waals surface area contributed by atoms with Crippen molar-refractivity contribution in [2.24, 2.45) is 0 Å². The number of aliphatic hydroxyl groups is 1. The molecule has 0 saturated carbocycles. The summed E-state index contributed by atoms with van der Waals surface area (Å²) < 4.78 is 2.21. The van der Waals surface area contributed by atoms with Crippen molar-refractivity contribution in [3.05, 3.63) is 23.5 Å². The molecule has 17 heavy (non-hydrogen) atoms. The first-order valence-corrected chi connectivity index (χ1v) is 7.54. The Kier molecular flexibility index (Phi) is 3.80. The molecule has 0 spiro atoms. The molecular formula is C12H18N2OS2. The maximum Gasteiger partial charge on any atom is 0.193 e. The van der Waals surface area contributed by atoms with Crippen LogP contribution in [0.15, 0.2) is 17.8 Å². The fourth-order valence-electron chi connectivity index (χ4n) is 1.52. The van der Waals surface area contributed by atoms with Gasteiger partial charge in [0.15, 0.2) is 4.96 Å². The van der Waals surface area contributed by atoms with E-state index in [9.17, 15) is 5.11 Å². The molecule has 0 aliphatic rings. The number of hydrogen-bond donors (Lipinski definition) is 1. The first kappa shape index (κ1) is 12.9. The minimum absolute atomic E-state index is 0.204. The summed E-state index contributed by atoms with van der Waals surface area (Å²) >= 11 is 3.41. The molecule has 0 aliphatic heterocycles. The van der Waals surface area contributed by atoms with Crippen LogP contribution in [0.2, 0.25) is 0 Å². The molecule has 3 nitrogen and oxygen atoms in total. The van der Waals surface area contributed by atoms with Gasteiger partial charge in [0.05, 0.1) is 11.8 Å². The number of imidazole rings is 1. The number of hydrogen-bond acceptors (Lipinski definition) is 4. The smallest absolute Gasteiger partial charge is 0.193 e. The van der Waals surface area contributed by atoms with E-state index in [1.54, 1.807) is 23.1 Å². The Hall–Kier alpha value is -0.520. The lowest BCUT2D eigenvalue weighted by Gasteiger charge is -2.19. The van der Waals surface area contributed by atoms with Crippen molar-refractivity contribution in [2.75, 3.05) is 5.75 Å². The summed E-state index contributed by atoms with van der Waals surface area (Å²) in [6.07, 6.45) is 4.31. The van der Waals surface area contributed by atoms with E-state index in [0.29, 0.717) is 6.42 Å². The average Bonchev–Trinajstić information content (AvgIpc) is 2.73. The zero-order valence-electron chi connectivity index (χ0n) is 10.4. The van der Waals surface area contributed by atoms with Gasteiger partial charge in [0.2, 0.25) is 0 Å². The van der Waals surface area contributed by atoms with Gasteiger partial charge in [-0.25, -0.2) is 4.98 Å². The summed E-state index contributed by atoms with van der Waals surface area (Å²) in [5.41, 5.74) is 0.971. The summed E-state index contributed by atoms with van der Waals surface area (Å²) in [5.74, 6) is 0.759. The van der Waals surface area contributed by atoms with Crippen LogP contribution >= 0.6 is 23.1 Å². The van der Waals surface area contributed by atoms with Crippen LogP contribution in [0.4, 0.5) is 0 Å². The Labute approximate surface area is 110 Å². The molecule has 0 radical (unpaired) electrons. The van der Waals surface area contributed by atoms with E-state index in [0.717, 1.165) is 16.4 Å². The van der Waals surface area contributed by atoms with Crippen LogP contribution in [-0.2, 0) is 6.42 Å². The molecule has 0 aliphatic carbocycles. The SMILES string of the molecule is CC(C)(C)SCC(O)Cc1cn2ccsc2n1. The zero-order chi connectivity index (χ0) is 12.5. The Bertz CT molecular complexity index is 455. The maximum absolute atomic E-state index is 9.96. The summed E-state index contributed by atoms with van der Waals surface area (Å²) in [6.45, 7) is 6.49. The van der Waals surface area contributed by atoms with Crippen LogP contribution in [0.25, 0.3) is 4.96 Å². The normalized spacial score (nSPS) is 14.4. The van der Waals surface area contributed by atoms with Gasteiger partial charge >= 0.3 is 0 Å². The predicted molar refractivity (Wildman–Crippen MR) is 75.0 cm³/mol. The Balaban J connectivity index is 1.90. The highest BCUT2D eigenvalue weighted by molar-refractivity contribution is 8.00. The molecule has 2 heterocycles. The second kappa shape index (κ2) is 5.00. The minimum Gasteiger partial charge on any atom is -0.392 e. The van der Waals surface area contributed by atoms with E-state index >= 15 is 0 Å². The highest BCUT2D eigenvalue weighted by atomic mass is 32.2. The number of fused-ring (bicyclic) bond motifs is 1. The van der Waals surface area contributed by atoms with Gasteiger partial charge in [-0.05, 0) is 0 Å². The van der Waals surface area contributed by atoms with Gasteiger partial charge in [-0.1, -0.05) is 20.8 Å². The third-order valence-corrected chi connectivity index (χ3v) is 4.48. The highest BCUT2D eigenvalue weighted by Gasteiger charge is 2.15. The van der Waals surface area contributed by atoms with Gasteiger partial charge in [-0.2, -0.15) is 11.8 Å². The maximum atomic E-state index is 9.96. The van der Waals surface area contributed by atoms with Crippen LogP contribution in [0.1, 0.15) is 26.5 Å². The van der Waals surface area contributed by atoms with E-state index in [-0.39, 0.29) is 10.9 Å². The van der Waals surface area contributed by atoms with Crippen molar-refractivity contribution in [1.29, 1.82) is 0 Å². The van der Waals surface area contributed by atoms with E-state index in [2.05, 4.69) is 25.8 Å². The molecule has 1 atom stereocenters. The van der Waals surface area contributed by atoms with E-state index in [1.807, 2.05) is 22.2 Å².